The molecule has 1 saturated heterocycles. The van der Waals surface area contributed by atoms with Crippen molar-refractivity contribution in [2.75, 3.05) is 32.8 Å². The molecule has 1 aliphatic rings. The summed E-state index contributed by atoms with van der Waals surface area (Å²) >= 11 is 0. The lowest BCUT2D eigenvalue weighted by atomic mass is 10.0. The van der Waals surface area contributed by atoms with E-state index in [4.69, 9.17) is 10.5 Å². The molecule has 0 saturated carbocycles. The van der Waals surface area contributed by atoms with Gasteiger partial charge in [-0.3, -0.25) is 4.90 Å². The third-order valence-corrected chi connectivity index (χ3v) is 3.36. The molecule has 20 heavy (non-hydrogen) atoms. The predicted molar refractivity (Wildman–Crippen MR) is 85.9 cm³/mol. The Morgan fingerprint density at radius 2 is 1.75 bits per heavy atom. The number of morpholine rings is 1. The van der Waals surface area contributed by atoms with E-state index in [-0.39, 0.29) is 30.9 Å². The van der Waals surface area contributed by atoms with Gasteiger partial charge >= 0.3 is 0 Å². The zero-order chi connectivity index (χ0) is 12.8. The quantitative estimate of drug-likeness (QED) is 0.852. The Bertz CT molecular complexity index is 348. The van der Waals surface area contributed by atoms with Gasteiger partial charge in [0.25, 0.3) is 0 Å². The fourth-order valence-corrected chi connectivity index (χ4v) is 2.21. The van der Waals surface area contributed by atoms with Gasteiger partial charge in [0.2, 0.25) is 0 Å². The summed E-state index contributed by atoms with van der Waals surface area (Å²) in [7, 11) is 0. The second-order valence-electron chi connectivity index (χ2n) is 4.83. The van der Waals surface area contributed by atoms with Gasteiger partial charge in [0.05, 0.1) is 19.3 Å². The number of aliphatic hydroxyl groups is 1. The van der Waals surface area contributed by atoms with E-state index >= 15 is 0 Å². The molecular weight excluding hydrogens is 299 g/mol. The van der Waals surface area contributed by atoms with Crippen LogP contribution in [0.5, 0.6) is 0 Å². The Hall–Kier alpha value is -0.360. The predicted octanol–water partition coefficient (Wildman–Crippen LogP) is 1.09. The molecule has 0 amide bonds. The van der Waals surface area contributed by atoms with Crippen LogP contribution in [0.1, 0.15) is 5.56 Å². The molecule has 0 aromatic heterocycles. The summed E-state index contributed by atoms with van der Waals surface area (Å²) in [6.07, 6.45) is 0.232. The highest BCUT2D eigenvalue weighted by atomic mass is 35.5. The molecular formula is C14H24Cl2N2O2. The molecule has 4 nitrogen and oxygen atoms in total. The van der Waals surface area contributed by atoms with E-state index in [0.29, 0.717) is 13.0 Å². The summed E-state index contributed by atoms with van der Waals surface area (Å²) in [5.74, 6) is 0. The topological polar surface area (TPSA) is 58.7 Å². The van der Waals surface area contributed by atoms with Gasteiger partial charge in [-0.2, -0.15) is 0 Å². The summed E-state index contributed by atoms with van der Waals surface area (Å²) in [4.78, 5) is 2.21. The maximum absolute atomic E-state index is 10.1. The number of halogens is 2. The average Bonchev–Trinajstić information content (AvgIpc) is 2.41. The minimum Gasteiger partial charge on any atom is -0.390 e. The maximum Gasteiger partial charge on any atom is 0.0820 e. The van der Waals surface area contributed by atoms with E-state index in [1.807, 2.05) is 30.3 Å². The lowest BCUT2D eigenvalue weighted by molar-refractivity contribution is 0.00961. The van der Waals surface area contributed by atoms with Crippen molar-refractivity contribution in [1.29, 1.82) is 0 Å². The van der Waals surface area contributed by atoms with Gasteiger partial charge < -0.3 is 15.6 Å². The van der Waals surface area contributed by atoms with Crippen molar-refractivity contribution in [3.8, 4) is 0 Å². The number of benzene rings is 1. The average molecular weight is 323 g/mol. The molecule has 1 aliphatic heterocycles. The van der Waals surface area contributed by atoms with E-state index in [0.717, 1.165) is 26.3 Å². The Morgan fingerprint density at radius 3 is 2.35 bits per heavy atom. The molecule has 1 fully saturated rings. The van der Waals surface area contributed by atoms with Gasteiger partial charge in [0.1, 0.15) is 0 Å². The molecule has 3 N–H and O–H groups in total. The van der Waals surface area contributed by atoms with Crippen LogP contribution in [0, 0.1) is 0 Å². The van der Waals surface area contributed by atoms with E-state index in [1.54, 1.807) is 0 Å². The maximum atomic E-state index is 10.1. The van der Waals surface area contributed by atoms with Crippen molar-refractivity contribution >= 4 is 24.8 Å². The smallest absolute Gasteiger partial charge is 0.0820 e. The lowest BCUT2D eigenvalue weighted by Gasteiger charge is -2.30. The molecule has 2 atom stereocenters. The van der Waals surface area contributed by atoms with Crippen molar-refractivity contribution in [3.63, 3.8) is 0 Å². The SMILES string of the molecule is Cl.Cl.N[C@H](Cc1ccccc1)[C@@H](O)CN1CCOCC1. The Kier molecular flexibility index (Phi) is 10.2. The van der Waals surface area contributed by atoms with Crippen LogP contribution in [0.3, 0.4) is 0 Å². The van der Waals surface area contributed by atoms with Crippen molar-refractivity contribution in [2.45, 2.75) is 18.6 Å². The number of β-amino-alcohol motifs (C(OH)–C–C–N with tert-alkyl or cyclic N) is 1. The Labute approximate surface area is 133 Å². The number of nitrogens with zero attached hydrogens (tertiary/aromatic N) is 1. The van der Waals surface area contributed by atoms with Gasteiger partial charge in [0, 0.05) is 25.7 Å². The van der Waals surface area contributed by atoms with E-state index in [2.05, 4.69) is 4.90 Å². The van der Waals surface area contributed by atoms with Crippen LogP contribution in [0.2, 0.25) is 0 Å². The first-order chi connectivity index (χ1) is 8.75. The van der Waals surface area contributed by atoms with Gasteiger partial charge in [-0.1, -0.05) is 30.3 Å². The van der Waals surface area contributed by atoms with Gasteiger partial charge in [-0.25, -0.2) is 0 Å². The molecule has 0 radical (unpaired) electrons. The molecule has 6 heteroatoms. The lowest BCUT2D eigenvalue weighted by Crippen LogP contribution is -2.47. The van der Waals surface area contributed by atoms with Gasteiger partial charge in [-0.05, 0) is 12.0 Å². The molecule has 0 aliphatic carbocycles. The molecule has 0 unspecified atom stereocenters. The molecule has 0 spiro atoms. The fraction of sp³-hybridized carbons (Fsp3) is 0.571. The fourth-order valence-electron chi connectivity index (χ4n) is 2.21. The summed E-state index contributed by atoms with van der Waals surface area (Å²) in [6.45, 7) is 3.91. The van der Waals surface area contributed by atoms with E-state index in [1.165, 1.54) is 5.56 Å². The normalized spacial score (nSPS) is 18.5. The van der Waals surface area contributed by atoms with Crippen molar-refractivity contribution < 1.29 is 9.84 Å². The van der Waals surface area contributed by atoms with E-state index in [9.17, 15) is 5.11 Å². The minimum atomic E-state index is -0.483. The molecule has 2 rings (SSSR count). The first-order valence-electron chi connectivity index (χ1n) is 6.53. The monoisotopic (exact) mass is 322 g/mol. The van der Waals surface area contributed by atoms with Crippen molar-refractivity contribution in [2.24, 2.45) is 5.73 Å². The molecule has 0 bridgehead atoms. The number of hydrogen-bond donors (Lipinski definition) is 2. The Morgan fingerprint density at radius 1 is 1.15 bits per heavy atom. The van der Waals surface area contributed by atoms with Crippen molar-refractivity contribution in [1.82, 2.24) is 4.90 Å². The zero-order valence-corrected chi connectivity index (χ0v) is 13.1. The van der Waals surface area contributed by atoms with Crippen LogP contribution in [0.25, 0.3) is 0 Å². The largest absolute Gasteiger partial charge is 0.390 e. The number of nitrogens with two attached hydrogens (primary N) is 1. The second kappa shape index (κ2) is 10.4. The van der Waals surface area contributed by atoms with Crippen LogP contribution < -0.4 is 5.73 Å². The van der Waals surface area contributed by atoms with Crippen LogP contribution in [-0.2, 0) is 11.2 Å². The van der Waals surface area contributed by atoms with Crippen molar-refractivity contribution in [3.05, 3.63) is 35.9 Å². The number of aliphatic hydroxyl groups excluding tert-OH is 1. The Balaban J connectivity index is 0.00000180. The summed E-state index contributed by atoms with van der Waals surface area (Å²) in [5, 5.41) is 10.1. The number of rotatable bonds is 5. The highest BCUT2D eigenvalue weighted by Gasteiger charge is 2.20. The van der Waals surface area contributed by atoms with Crippen LogP contribution in [0.15, 0.2) is 30.3 Å². The molecule has 1 aromatic rings. The standard InChI is InChI=1S/C14H22N2O2.2ClH/c15-13(10-12-4-2-1-3-5-12)14(17)11-16-6-8-18-9-7-16;;/h1-5,13-14,17H,6-11,15H2;2*1H/t13-,14+;;/m1../s1. The summed E-state index contributed by atoms with van der Waals surface area (Å²) in [6, 6.07) is 9.85. The zero-order valence-electron chi connectivity index (χ0n) is 11.5. The third kappa shape index (κ3) is 6.39. The second-order valence-corrected chi connectivity index (χ2v) is 4.83. The molecule has 116 valence electrons. The van der Waals surface area contributed by atoms with Crippen LogP contribution in [0.4, 0.5) is 0 Å². The van der Waals surface area contributed by atoms with E-state index < -0.39 is 6.10 Å². The summed E-state index contributed by atoms with van der Waals surface area (Å²) < 4.78 is 5.28. The minimum absolute atomic E-state index is 0. The first kappa shape index (κ1) is 19.6. The first-order valence-corrected chi connectivity index (χ1v) is 6.53. The highest BCUT2D eigenvalue weighted by Crippen LogP contribution is 2.07. The molecule has 1 aromatic carbocycles. The number of hydrogen-bond acceptors (Lipinski definition) is 4. The third-order valence-electron chi connectivity index (χ3n) is 3.36. The van der Waals surface area contributed by atoms with Crippen LogP contribution in [-0.4, -0.2) is 55.0 Å². The molecule has 1 heterocycles. The summed E-state index contributed by atoms with van der Waals surface area (Å²) in [5.41, 5.74) is 7.23. The van der Waals surface area contributed by atoms with Gasteiger partial charge in [-0.15, -0.1) is 24.8 Å². The number of ether oxygens (including phenoxy) is 1. The van der Waals surface area contributed by atoms with Crippen LogP contribution >= 0.6 is 24.8 Å². The van der Waals surface area contributed by atoms with Gasteiger partial charge in [0.15, 0.2) is 0 Å². The highest BCUT2D eigenvalue weighted by molar-refractivity contribution is 5.85.